The van der Waals surface area contributed by atoms with Crippen molar-refractivity contribution < 1.29 is 0 Å². The Bertz CT molecular complexity index is 1060. The summed E-state index contributed by atoms with van der Waals surface area (Å²) >= 11 is 0. The Morgan fingerprint density at radius 1 is 0.800 bits per heavy atom. The summed E-state index contributed by atoms with van der Waals surface area (Å²) in [4.78, 5) is 24.7. The van der Waals surface area contributed by atoms with E-state index in [4.69, 9.17) is 19.9 Å². The van der Waals surface area contributed by atoms with E-state index in [1.807, 2.05) is 12.4 Å². The number of aromatic nitrogens is 3. The van der Waals surface area contributed by atoms with Crippen LogP contribution in [-0.4, -0.2) is 34.4 Å². The summed E-state index contributed by atoms with van der Waals surface area (Å²) in [5.74, 6) is 4.92. The smallest absolute Gasteiger partial charge is 0.163 e. The quantitative estimate of drug-likeness (QED) is 0.424. The van der Waals surface area contributed by atoms with Crippen LogP contribution in [0.15, 0.2) is 28.2 Å². The van der Waals surface area contributed by atoms with Gasteiger partial charge < -0.3 is 4.99 Å². The highest BCUT2D eigenvalue weighted by Gasteiger charge is 2.47. The Balaban J connectivity index is 1.43. The van der Waals surface area contributed by atoms with Crippen molar-refractivity contribution in [2.24, 2.45) is 21.8 Å². The van der Waals surface area contributed by atoms with Gasteiger partial charge >= 0.3 is 0 Å². The molecule has 0 N–H and O–H groups in total. The first-order valence-electron chi connectivity index (χ1n) is 13.9. The summed E-state index contributed by atoms with van der Waals surface area (Å²) in [6, 6.07) is 6.51. The maximum atomic E-state index is 5.39. The van der Waals surface area contributed by atoms with Crippen LogP contribution in [0.2, 0.25) is 0 Å². The molecule has 8 rings (SSSR count). The van der Waals surface area contributed by atoms with Crippen LogP contribution in [0.25, 0.3) is 11.4 Å². The van der Waals surface area contributed by atoms with Gasteiger partial charge in [-0.25, -0.2) is 15.0 Å². The molecule has 4 bridgehead atoms. The van der Waals surface area contributed by atoms with E-state index >= 15 is 0 Å². The van der Waals surface area contributed by atoms with E-state index in [2.05, 4.69) is 30.1 Å². The minimum atomic E-state index is 0.162. The lowest BCUT2D eigenvalue weighted by Crippen LogP contribution is -2.42. The highest BCUT2D eigenvalue weighted by atomic mass is 15.1. The predicted molar refractivity (Wildman–Crippen MR) is 143 cm³/mol. The molecule has 6 aliphatic rings. The zero-order valence-electron chi connectivity index (χ0n) is 21.5. The number of hydrogen-bond donors (Lipinski definition) is 0. The second-order valence-corrected chi connectivity index (χ2v) is 11.8. The van der Waals surface area contributed by atoms with Crippen molar-refractivity contribution in [3.05, 3.63) is 35.4 Å². The summed E-state index contributed by atoms with van der Waals surface area (Å²) in [5, 5.41) is 0. The van der Waals surface area contributed by atoms with E-state index in [0.29, 0.717) is 0 Å². The summed E-state index contributed by atoms with van der Waals surface area (Å²) in [7, 11) is 1.80. The Kier molecular flexibility index (Phi) is 6.06. The molecule has 6 aliphatic carbocycles. The molecule has 6 saturated carbocycles. The maximum Gasteiger partial charge on any atom is 0.163 e. The predicted octanol–water partition coefficient (Wildman–Crippen LogP) is 7.08. The maximum absolute atomic E-state index is 5.39. The molecule has 5 heteroatoms. The van der Waals surface area contributed by atoms with Crippen LogP contribution >= 0.6 is 0 Å². The monoisotopic (exact) mass is 469 g/mol. The zero-order chi connectivity index (χ0) is 23.9. The van der Waals surface area contributed by atoms with E-state index in [1.165, 1.54) is 82.6 Å². The molecule has 184 valence electrons. The molecule has 5 nitrogen and oxygen atoms in total. The van der Waals surface area contributed by atoms with Gasteiger partial charge in [0.05, 0.1) is 5.69 Å². The molecule has 0 amide bonds. The Morgan fingerprint density at radius 3 is 1.86 bits per heavy atom. The number of hydrogen-bond acceptors (Lipinski definition) is 5. The van der Waals surface area contributed by atoms with Crippen molar-refractivity contribution >= 4 is 18.1 Å². The van der Waals surface area contributed by atoms with Gasteiger partial charge in [-0.3, -0.25) is 4.99 Å². The molecule has 35 heavy (non-hydrogen) atoms. The molecule has 0 atom stereocenters. The molecule has 0 unspecified atom stereocenters. The second kappa shape index (κ2) is 9.22. The van der Waals surface area contributed by atoms with Gasteiger partial charge in [-0.15, -0.1) is 0 Å². The standard InChI is InChI=1S/C30H39N5/c1-21-4-5-24(20-25(21)32-19-3-18-31-2)26-33-27(29-12-6-22(7-13-29)8-14-29)35-28(34-26)30-15-9-23(10-16-30)11-17-30/h4-5,18-20,22-23H,3,6-17H2,1-2H3. The first-order chi connectivity index (χ1) is 17.1. The Labute approximate surface area is 210 Å². The van der Waals surface area contributed by atoms with Gasteiger partial charge in [0.15, 0.2) is 5.82 Å². The first kappa shape index (κ1) is 23.0. The van der Waals surface area contributed by atoms with Crippen molar-refractivity contribution in [1.82, 2.24) is 15.0 Å². The highest BCUT2D eigenvalue weighted by molar-refractivity contribution is 5.81. The summed E-state index contributed by atoms with van der Waals surface area (Å²) in [6.45, 7) is 2.12. The third-order valence-electron chi connectivity index (χ3n) is 9.86. The molecular formula is C30H39N5. The van der Waals surface area contributed by atoms with Crippen LogP contribution in [0.1, 0.15) is 101 Å². The molecule has 1 aromatic carbocycles. The van der Waals surface area contributed by atoms with Gasteiger partial charge in [-0.1, -0.05) is 12.1 Å². The highest BCUT2D eigenvalue weighted by Crippen LogP contribution is 2.53. The molecule has 0 aliphatic heterocycles. The van der Waals surface area contributed by atoms with E-state index in [0.717, 1.165) is 47.0 Å². The number of rotatable bonds is 6. The third kappa shape index (κ3) is 4.25. The summed E-state index contributed by atoms with van der Waals surface area (Å²) < 4.78 is 0. The summed E-state index contributed by atoms with van der Waals surface area (Å²) in [6.07, 6.45) is 20.1. The lowest BCUT2D eigenvalue weighted by atomic mass is 9.59. The number of aliphatic imine (C=N–C) groups is 2. The number of benzene rings is 1. The van der Waals surface area contributed by atoms with Crippen molar-refractivity contribution in [3.8, 4) is 11.4 Å². The van der Waals surface area contributed by atoms with Crippen LogP contribution in [0, 0.1) is 18.8 Å². The van der Waals surface area contributed by atoms with Crippen molar-refractivity contribution in [3.63, 3.8) is 0 Å². The number of aryl methyl sites for hydroxylation is 1. The fourth-order valence-electron chi connectivity index (χ4n) is 7.34. The molecule has 1 heterocycles. The summed E-state index contributed by atoms with van der Waals surface area (Å²) in [5.41, 5.74) is 3.55. The topological polar surface area (TPSA) is 63.4 Å². The lowest BCUT2D eigenvalue weighted by molar-refractivity contribution is 0.117. The minimum absolute atomic E-state index is 0.162. The van der Waals surface area contributed by atoms with E-state index in [1.54, 1.807) is 7.05 Å². The average molecular weight is 470 g/mol. The zero-order valence-corrected chi connectivity index (χ0v) is 21.5. The van der Waals surface area contributed by atoms with Crippen LogP contribution in [-0.2, 0) is 10.8 Å². The van der Waals surface area contributed by atoms with Crippen molar-refractivity contribution in [2.75, 3.05) is 7.05 Å². The molecule has 1 aromatic heterocycles. The molecule has 0 spiro atoms. The van der Waals surface area contributed by atoms with Gasteiger partial charge in [-0.05, 0) is 107 Å². The van der Waals surface area contributed by atoms with E-state index < -0.39 is 0 Å². The number of fused-ring (bicyclic) bond motifs is 6. The van der Waals surface area contributed by atoms with Gasteiger partial charge in [-0.2, -0.15) is 0 Å². The van der Waals surface area contributed by atoms with Crippen molar-refractivity contribution in [2.45, 2.75) is 101 Å². The van der Waals surface area contributed by atoms with Crippen LogP contribution in [0.4, 0.5) is 5.69 Å². The van der Waals surface area contributed by atoms with Gasteiger partial charge in [0, 0.05) is 42.3 Å². The Hall–Kier alpha value is -2.43. The van der Waals surface area contributed by atoms with E-state index in [-0.39, 0.29) is 10.8 Å². The average Bonchev–Trinajstić information content (AvgIpc) is 2.94. The largest absolute Gasteiger partial charge is 0.300 e. The Morgan fingerprint density at radius 2 is 1.34 bits per heavy atom. The number of nitrogens with zero attached hydrogens (tertiary/aromatic N) is 5. The fourth-order valence-corrected chi connectivity index (χ4v) is 7.34. The van der Waals surface area contributed by atoms with E-state index in [9.17, 15) is 0 Å². The molecular weight excluding hydrogens is 430 g/mol. The molecule has 6 fully saturated rings. The lowest BCUT2D eigenvalue weighted by Gasteiger charge is -2.47. The van der Waals surface area contributed by atoms with Crippen molar-refractivity contribution in [1.29, 1.82) is 0 Å². The SMILES string of the molecule is CN=CCC=Nc1cc(-c2nc(C34CCC(CC3)CC4)nc(C34CCC(CC3)CC4)n2)ccc1C. The minimum Gasteiger partial charge on any atom is -0.300 e. The van der Waals surface area contributed by atoms with Crippen LogP contribution in [0.3, 0.4) is 0 Å². The van der Waals surface area contributed by atoms with Crippen LogP contribution < -0.4 is 0 Å². The van der Waals surface area contributed by atoms with Gasteiger partial charge in [0.2, 0.25) is 0 Å². The fraction of sp³-hybridized carbons (Fsp3) is 0.633. The van der Waals surface area contributed by atoms with Gasteiger partial charge in [0.25, 0.3) is 0 Å². The van der Waals surface area contributed by atoms with Gasteiger partial charge in [0.1, 0.15) is 11.6 Å². The first-order valence-corrected chi connectivity index (χ1v) is 13.9. The normalized spacial score (nSPS) is 32.2. The molecule has 0 radical (unpaired) electrons. The van der Waals surface area contributed by atoms with Crippen LogP contribution in [0.5, 0.6) is 0 Å². The molecule has 0 saturated heterocycles. The third-order valence-corrected chi connectivity index (χ3v) is 9.86. The second-order valence-electron chi connectivity index (χ2n) is 11.8. The molecule has 2 aromatic rings.